The fraction of sp³-hybridized carbons (Fsp3) is 0.714. The summed E-state index contributed by atoms with van der Waals surface area (Å²) in [6, 6.07) is -0.0239. The van der Waals surface area contributed by atoms with Gasteiger partial charge in [0.05, 0.1) is 22.8 Å². The Morgan fingerprint density at radius 1 is 1.60 bits per heavy atom. The molecule has 1 aromatic heterocycles. The largest absolute Gasteiger partial charge is 0.376 e. The van der Waals surface area contributed by atoms with E-state index in [1.54, 1.807) is 16.2 Å². The van der Waals surface area contributed by atoms with Crippen molar-refractivity contribution in [3.63, 3.8) is 0 Å². The quantitative estimate of drug-likeness (QED) is 0.929. The highest BCUT2D eigenvalue weighted by Crippen LogP contribution is 2.28. The van der Waals surface area contributed by atoms with Crippen LogP contribution in [0.25, 0.3) is 0 Å². The zero-order valence-corrected chi connectivity index (χ0v) is 13.4. The molecule has 1 saturated heterocycles. The molecule has 2 rings (SSSR count). The zero-order valence-electron chi connectivity index (χ0n) is 12.6. The monoisotopic (exact) mass is 297 g/mol. The van der Waals surface area contributed by atoms with Gasteiger partial charge in [0.25, 0.3) is 0 Å². The molecule has 0 unspecified atom stereocenters. The van der Waals surface area contributed by atoms with Gasteiger partial charge in [-0.05, 0) is 33.6 Å². The van der Waals surface area contributed by atoms with Gasteiger partial charge in [0.15, 0.2) is 0 Å². The number of ether oxygens (including phenoxy) is 1. The lowest BCUT2D eigenvalue weighted by Crippen LogP contribution is -2.41. The molecule has 0 bridgehead atoms. The lowest BCUT2D eigenvalue weighted by atomic mass is 10.2. The number of thiazole rings is 1. The van der Waals surface area contributed by atoms with Crippen molar-refractivity contribution in [1.82, 2.24) is 15.2 Å². The van der Waals surface area contributed by atoms with E-state index in [9.17, 15) is 4.79 Å². The van der Waals surface area contributed by atoms with Crippen LogP contribution < -0.4 is 5.32 Å². The van der Waals surface area contributed by atoms with Gasteiger partial charge in [-0.1, -0.05) is 0 Å². The Hall–Kier alpha value is -1.14. The molecular weight excluding hydrogens is 274 g/mol. The lowest BCUT2D eigenvalue weighted by Gasteiger charge is -2.25. The maximum atomic E-state index is 12.2. The van der Waals surface area contributed by atoms with Gasteiger partial charge >= 0.3 is 6.03 Å². The molecular formula is C14H23N3O2S. The van der Waals surface area contributed by atoms with Crippen molar-refractivity contribution in [1.29, 1.82) is 0 Å². The predicted octanol–water partition coefficient (Wildman–Crippen LogP) is 2.64. The third-order valence-electron chi connectivity index (χ3n) is 3.73. The number of hydrogen-bond donors (Lipinski definition) is 1. The molecule has 2 atom stereocenters. The van der Waals surface area contributed by atoms with Crippen LogP contribution in [-0.4, -0.2) is 42.2 Å². The Morgan fingerprint density at radius 3 is 2.90 bits per heavy atom. The molecule has 1 N–H and O–H groups in total. The maximum absolute atomic E-state index is 12.2. The van der Waals surface area contributed by atoms with Crippen LogP contribution in [-0.2, 0) is 4.74 Å². The molecule has 2 amide bonds. The minimum Gasteiger partial charge on any atom is -0.376 e. The number of carbonyl (C=O) groups is 1. The highest BCUT2D eigenvalue weighted by Gasteiger charge is 2.23. The molecule has 0 radical (unpaired) electrons. The maximum Gasteiger partial charge on any atom is 0.317 e. The number of carbonyl (C=O) groups excluding carboxylic acids is 1. The summed E-state index contributed by atoms with van der Waals surface area (Å²) >= 11 is 1.65. The summed E-state index contributed by atoms with van der Waals surface area (Å²) in [4.78, 5) is 19.5. The van der Waals surface area contributed by atoms with Gasteiger partial charge in [0, 0.05) is 25.1 Å². The number of rotatable bonds is 4. The van der Waals surface area contributed by atoms with Crippen molar-refractivity contribution in [2.24, 2.45) is 0 Å². The van der Waals surface area contributed by atoms with Crippen molar-refractivity contribution >= 4 is 17.4 Å². The van der Waals surface area contributed by atoms with Crippen LogP contribution in [0.2, 0.25) is 0 Å². The van der Waals surface area contributed by atoms with Gasteiger partial charge in [-0.3, -0.25) is 0 Å². The van der Waals surface area contributed by atoms with Gasteiger partial charge in [-0.2, -0.15) is 0 Å². The topological polar surface area (TPSA) is 54.5 Å². The molecule has 0 aromatic carbocycles. The SMILES string of the molecule is Cc1nc(C)c([C@@H](C)N(C)C(=O)NC[C@H]2CCCO2)s1. The molecule has 2 heterocycles. The van der Waals surface area contributed by atoms with E-state index in [0.717, 1.165) is 35.0 Å². The van der Waals surface area contributed by atoms with Crippen LogP contribution >= 0.6 is 11.3 Å². The van der Waals surface area contributed by atoms with Crippen molar-refractivity contribution in [2.75, 3.05) is 20.2 Å². The zero-order chi connectivity index (χ0) is 14.7. The Kier molecular flexibility index (Phi) is 4.99. The average molecular weight is 297 g/mol. The molecule has 5 nitrogen and oxygen atoms in total. The lowest BCUT2D eigenvalue weighted by molar-refractivity contribution is 0.108. The third-order valence-corrected chi connectivity index (χ3v) is 4.97. The van der Waals surface area contributed by atoms with Gasteiger partial charge in [0.2, 0.25) is 0 Å². The minimum atomic E-state index is -0.0570. The normalized spacial score (nSPS) is 19.9. The van der Waals surface area contributed by atoms with E-state index in [4.69, 9.17) is 4.74 Å². The van der Waals surface area contributed by atoms with Crippen molar-refractivity contribution < 1.29 is 9.53 Å². The summed E-state index contributed by atoms with van der Waals surface area (Å²) in [5.74, 6) is 0. The number of nitrogens with one attached hydrogen (secondary N) is 1. The minimum absolute atomic E-state index is 0.0331. The van der Waals surface area contributed by atoms with Crippen LogP contribution in [0.1, 0.15) is 41.4 Å². The summed E-state index contributed by atoms with van der Waals surface area (Å²) in [7, 11) is 1.82. The van der Waals surface area contributed by atoms with E-state index in [1.807, 2.05) is 27.8 Å². The number of nitrogens with zero attached hydrogens (tertiary/aromatic N) is 2. The molecule has 0 spiro atoms. The average Bonchev–Trinajstić information content (AvgIpc) is 3.03. The van der Waals surface area contributed by atoms with Crippen LogP contribution in [0.4, 0.5) is 4.79 Å². The van der Waals surface area contributed by atoms with E-state index >= 15 is 0 Å². The molecule has 20 heavy (non-hydrogen) atoms. The first-order valence-corrected chi connectivity index (χ1v) is 7.87. The molecule has 0 saturated carbocycles. The second kappa shape index (κ2) is 6.54. The summed E-state index contributed by atoms with van der Waals surface area (Å²) in [6.07, 6.45) is 2.30. The van der Waals surface area contributed by atoms with Crippen LogP contribution in [0, 0.1) is 13.8 Å². The van der Waals surface area contributed by atoms with E-state index in [0.29, 0.717) is 6.54 Å². The highest BCUT2D eigenvalue weighted by atomic mass is 32.1. The fourth-order valence-corrected chi connectivity index (χ4v) is 3.44. The predicted molar refractivity (Wildman–Crippen MR) is 80.1 cm³/mol. The van der Waals surface area contributed by atoms with E-state index in [2.05, 4.69) is 10.3 Å². The summed E-state index contributed by atoms with van der Waals surface area (Å²) < 4.78 is 5.51. The van der Waals surface area contributed by atoms with Crippen molar-refractivity contribution in [3.05, 3.63) is 15.6 Å². The summed E-state index contributed by atoms with van der Waals surface area (Å²) in [5, 5.41) is 3.99. The van der Waals surface area contributed by atoms with E-state index in [-0.39, 0.29) is 18.2 Å². The number of hydrogen-bond acceptors (Lipinski definition) is 4. The molecule has 1 aromatic rings. The number of aromatic nitrogens is 1. The summed E-state index contributed by atoms with van der Waals surface area (Å²) in [5.41, 5.74) is 1.01. The molecule has 1 fully saturated rings. The van der Waals surface area contributed by atoms with Crippen LogP contribution in [0.5, 0.6) is 0 Å². The highest BCUT2D eigenvalue weighted by molar-refractivity contribution is 7.11. The van der Waals surface area contributed by atoms with Gasteiger partial charge in [-0.15, -0.1) is 11.3 Å². The third kappa shape index (κ3) is 3.49. The van der Waals surface area contributed by atoms with Crippen LogP contribution in [0.15, 0.2) is 0 Å². The van der Waals surface area contributed by atoms with Gasteiger partial charge in [-0.25, -0.2) is 9.78 Å². The first-order chi connectivity index (χ1) is 9.49. The Labute approximate surface area is 124 Å². The molecule has 1 aliphatic rings. The fourth-order valence-electron chi connectivity index (χ4n) is 2.42. The van der Waals surface area contributed by atoms with Crippen molar-refractivity contribution in [2.45, 2.75) is 45.8 Å². The number of urea groups is 1. The summed E-state index contributed by atoms with van der Waals surface area (Å²) in [6.45, 7) is 7.42. The second-order valence-electron chi connectivity index (χ2n) is 5.29. The molecule has 112 valence electrons. The Morgan fingerprint density at radius 2 is 2.35 bits per heavy atom. The second-order valence-corrected chi connectivity index (χ2v) is 6.53. The van der Waals surface area contributed by atoms with Crippen LogP contribution in [0.3, 0.4) is 0 Å². The van der Waals surface area contributed by atoms with Gasteiger partial charge < -0.3 is 15.0 Å². The first kappa shape index (κ1) is 15.3. The van der Waals surface area contributed by atoms with Gasteiger partial charge in [0.1, 0.15) is 0 Å². The smallest absolute Gasteiger partial charge is 0.317 e. The molecule has 0 aliphatic carbocycles. The van der Waals surface area contributed by atoms with E-state index < -0.39 is 0 Å². The molecule has 6 heteroatoms. The standard InChI is InChI=1S/C14H23N3O2S/c1-9-13(20-11(3)16-9)10(2)17(4)14(18)15-8-12-6-5-7-19-12/h10,12H,5-8H2,1-4H3,(H,15,18)/t10-,12-/m1/s1. The van der Waals surface area contributed by atoms with Crippen molar-refractivity contribution in [3.8, 4) is 0 Å². The number of aryl methyl sites for hydroxylation is 2. The molecule has 1 aliphatic heterocycles. The first-order valence-electron chi connectivity index (χ1n) is 7.05. The Balaban J connectivity index is 1.90. The number of amides is 2. The van der Waals surface area contributed by atoms with E-state index in [1.165, 1.54) is 0 Å². The Bertz CT molecular complexity index is 469.